The van der Waals surface area contributed by atoms with Crippen molar-refractivity contribution in [1.82, 2.24) is 9.97 Å². The minimum Gasteiger partial charge on any atom is -0.299 e. The van der Waals surface area contributed by atoms with Gasteiger partial charge in [-0.2, -0.15) is 0 Å². The van der Waals surface area contributed by atoms with Crippen LogP contribution in [0.1, 0.15) is 6.92 Å². The summed E-state index contributed by atoms with van der Waals surface area (Å²) >= 11 is 11.1. The van der Waals surface area contributed by atoms with Crippen molar-refractivity contribution in [2.75, 3.05) is 5.32 Å². The molecular formula is C8H5Cl2N3O. The zero-order chi connectivity index (χ0) is 10.6. The molecule has 0 unspecified atom stereocenters. The van der Waals surface area contributed by atoms with Crippen molar-refractivity contribution in [3.63, 3.8) is 0 Å². The smallest absolute Gasteiger partial charge is 0.299 e. The van der Waals surface area contributed by atoms with Crippen molar-refractivity contribution in [3.05, 3.63) is 16.5 Å². The molecule has 72 valence electrons. The number of carbonyl (C=O) groups excluding carboxylic acids is 1. The molecule has 0 spiro atoms. The molecule has 1 rings (SSSR count). The molecule has 0 aromatic carbocycles. The number of halogens is 2. The predicted molar refractivity (Wildman–Crippen MR) is 54.1 cm³/mol. The molecule has 0 bridgehead atoms. The SMILES string of the molecule is CC#CC(=O)Nc1cc(Cl)nc(Cl)n1. The van der Waals surface area contributed by atoms with Gasteiger partial charge in [0.2, 0.25) is 5.28 Å². The van der Waals surface area contributed by atoms with Gasteiger partial charge < -0.3 is 0 Å². The average Bonchev–Trinajstić information content (AvgIpc) is 2.01. The molecule has 1 N–H and O–H groups in total. The Morgan fingerprint density at radius 2 is 2.21 bits per heavy atom. The van der Waals surface area contributed by atoms with Crippen molar-refractivity contribution in [1.29, 1.82) is 0 Å². The number of hydrogen-bond donors (Lipinski definition) is 1. The molecule has 0 aliphatic heterocycles. The second-order valence-electron chi connectivity index (χ2n) is 2.17. The van der Waals surface area contributed by atoms with Gasteiger partial charge in [0.25, 0.3) is 0 Å². The summed E-state index contributed by atoms with van der Waals surface area (Å²) in [6, 6.07) is 1.38. The minimum atomic E-state index is -0.474. The largest absolute Gasteiger partial charge is 0.301 e. The molecule has 0 atom stereocenters. The monoisotopic (exact) mass is 229 g/mol. The van der Waals surface area contributed by atoms with Crippen molar-refractivity contribution >= 4 is 34.9 Å². The molecule has 0 aliphatic carbocycles. The van der Waals surface area contributed by atoms with E-state index in [0.717, 1.165) is 0 Å². The van der Waals surface area contributed by atoms with E-state index in [4.69, 9.17) is 23.2 Å². The zero-order valence-electron chi connectivity index (χ0n) is 7.14. The number of hydrogen-bond acceptors (Lipinski definition) is 3. The summed E-state index contributed by atoms with van der Waals surface area (Å²) in [6.45, 7) is 1.56. The fraction of sp³-hybridized carbons (Fsp3) is 0.125. The summed E-state index contributed by atoms with van der Waals surface area (Å²) in [6.07, 6.45) is 0. The van der Waals surface area contributed by atoms with E-state index < -0.39 is 5.91 Å². The van der Waals surface area contributed by atoms with Crippen LogP contribution in [-0.2, 0) is 4.79 Å². The van der Waals surface area contributed by atoms with Gasteiger partial charge in [0.15, 0.2) is 0 Å². The number of rotatable bonds is 1. The molecular weight excluding hydrogens is 225 g/mol. The van der Waals surface area contributed by atoms with Crippen molar-refractivity contribution in [2.45, 2.75) is 6.92 Å². The van der Waals surface area contributed by atoms with Gasteiger partial charge in [-0.05, 0) is 24.4 Å². The Balaban J connectivity index is 2.85. The lowest BCUT2D eigenvalue weighted by Crippen LogP contribution is -2.10. The van der Waals surface area contributed by atoms with E-state index in [2.05, 4.69) is 27.1 Å². The maximum Gasteiger partial charge on any atom is 0.301 e. The Hall–Kier alpha value is -1.31. The highest BCUT2D eigenvalue weighted by atomic mass is 35.5. The van der Waals surface area contributed by atoms with Crippen LogP contribution in [0.15, 0.2) is 6.07 Å². The quantitative estimate of drug-likeness (QED) is 0.454. The Labute approximate surface area is 90.6 Å². The molecule has 14 heavy (non-hydrogen) atoms. The molecule has 0 fully saturated rings. The van der Waals surface area contributed by atoms with E-state index in [1.807, 2.05) is 0 Å². The van der Waals surface area contributed by atoms with Crippen LogP contribution in [0.25, 0.3) is 0 Å². The van der Waals surface area contributed by atoms with E-state index in [1.165, 1.54) is 6.07 Å². The molecule has 1 amide bonds. The highest BCUT2D eigenvalue weighted by Gasteiger charge is 2.03. The Bertz CT molecular complexity index is 402. The van der Waals surface area contributed by atoms with Crippen LogP contribution in [0.3, 0.4) is 0 Å². The third-order valence-corrected chi connectivity index (χ3v) is 1.51. The van der Waals surface area contributed by atoms with Crippen molar-refractivity contribution in [2.24, 2.45) is 0 Å². The standard InChI is InChI=1S/C8H5Cl2N3O/c1-2-3-7(14)12-6-4-5(9)11-8(10)13-6/h4H,1H3,(H,11,12,13,14). The van der Waals surface area contributed by atoms with Crippen LogP contribution in [0.4, 0.5) is 5.82 Å². The molecule has 1 heterocycles. The first-order valence-electron chi connectivity index (χ1n) is 3.55. The summed E-state index contributed by atoms with van der Waals surface area (Å²) in [5.41, 5.74) is 0. The molecule has 0 saturated heterocycles. The predicted octanol–water partition coefficient (Wildman–Crippen LogP) is 1.75. The number of nitrogens with one attached hydrogen (secondary N) is 1. The number of anilines is 1. The van der Waals surface area contributed by atoms with E-state index in [1.54, 1.807) is 6.92 Å². The first-order valence-corrected chi connectivity index (χ1v) is 4.31. The number of amides is 1. The van der Waals surface area contributed by atoms with E-state index >= 15 is 0 Å². The Morgan fingerprint density at radius 3 is 2.79 bits per heavy atom. The molecule has 4 nitrogen and oxygen atoms in total. The number of nitrogens with zero attached hydrogens (tertiary/aromatic N) is 2. The molecule has 1 aromatic heterocycles. The second-order valence-corrected chi connectivity index (χ2v) is 2.90. The van der Waals surface area contributed by atoms with Crippen LogP contribution in [0.5, 0.6) is 0 Å². The summed E-state index contributed by atoms with van der Waals surface area (Å²) in [4.78, 5) is 18.4. The molecule has 6 heteroatoms. The molecule has 0 saturated carbocycles. The van der Waals surface area contributed by atoms with Gasteiger partial charge in [-0.1, -0.05) is 17.5 Å². The highest BCUT2D eigenvalue weighted by Crippen LogP contribution is 2.13. The Morgan fingerprint density at radius 1 is 1.50 bits per heavy atom. The van der Waals surface area contributed by atoms with Crippen LogP contribution in [0, 0.1) is 11.8 Å². The first kappa shape index (κ1) is 10.8. The minimum absolute atomic E-state index is 0.0303. The summed E-state index contributed by atoms with van der Waals surface area (Å²) in [5, 5.41) is 2.52. The lowest BCUT2D eigenvalue weighted by Gasteiger charge is -1.99. The fourth-order valence-corrected chi connectivity index (χ4v) is 1.12. The summed E-state index contributed by atoms with van der Waals surface area (Å²) in [5.74, 6) is 4.48. The van der Waals surface area contributed by atoms with Gasteiger partial charge in [-0.3, -0.25) is 10.1 Å². The summed E-state index contributed by atoms with van der Waals surface area (Å²) in [7, 11) is 0. The van der Waals surface area contributed by atoms with Crippen molar-refractivity contribution < 1.29 is 4.79 Å². The van der Waals surface area contributed by atoms with Crippen LogP contribution >= 0.6 is 23.2 Å². The van der Waals surface area contributed by atoms with Gasteiger partial charge in [0.05, 0.1) is 0 Å². The van der Waals surface area contributed by atoms with E-state index in [-0.39, 0.29) is 16.3 Å². The van der Waals surface area contributed by atoms with Crippen LogP contribution in [-0.4, -0.2) is 15.9 Å². The van der Waals surface area contributed by atoms with Gasteiger partial charge in [0, 0.05) is 6.07 Å². The third-order valence-electron chi connectivity index (χ3n) is 1.15. The van der Waals surface area contributed by atoms with E-state index in [0.29, 0.717) is 0 Å². The summed E-state index contributed by atoms with van der Waals surface area (Å²) < 4.78 is 0. The topological polar surface area (TPSA) is 54.9 Å². The molecule has 0 radical (unpaired) electrons. The second kappa shape index (κ2) is 4.80. The first-order chi connectivity index (χ1) is 6.61. The van der Waals surface area contributed by atoms with Crippen LogP contribution < -0.4 is 5.32 Å². The van der Waals surface area contributed by atoms with E-state index in [9.17, 15) is 4.79 Å². The maximum atomic E-state index is 11.0. The average molecular weight is 230 g/mol. The number of carbonyl (C=O) groups is 1. The third kappa shape index (κ3) is 3.21. The fourth-order valence-electron chi connectivity index (χ4n) is 0.715. The molecule has 1 aromatic rings. The van der Waals surface area contributed by atoms with Gasteiger partial charge in [-0.15, -0.1) is 0 Å². The lowest BCUT2D eigenvalue weighted by atomic mass is 10.5. The normalized spacial score (nSPS) is 8.79. The van der Waals surface area contributed by atoms with Gasteiger partial charge >= 0.3 is 5.91 Å². The van der Waals surface area contributed by atoms with Gasteiger partial charge in [-0.25, -0.2) is 9.97 Å². The number of aromatic nitrogens is 2. The zero-order valence-corrected chi connectivity index (χ0v) is 8.65. The lowest BCUT2D eigenvalue weighted by molar-refractivity contribution is -0.111. The van der Waals surface area contributed by atoms with Crippen LogP contribution in [0.2, 0.25) is 10.4 Å². The Kier molecular flexibility index (Phi) is 3.69. The maximum absolute atomic E-state index is 11.0. The van der Waals surface area contributed by atoms with Gasteiger partial charge in [0.1, 0.15) is 11.0 Å². The van der Waals surface area contributed by atoms with Crippen molar-refractivity contribution in [3.8, 4) is 11.8 Å². The highest BCUT2D eigenvalue weighted by molar-refractivity contribution is 6.32. The molecule has 0 aliphatic rings.